The number of halogens is 2. The van der Waals surface area contributed by atoms with E-state index in [2.05, 4.69) is 15.2 Å². The van der Waals surface area contributed by atoms with Gasteiger partial charge >= 0.3 is 5.97 Å². The van der Waals surface area contributed by atoms with Crippen LogP contribution >= 0.6 is 23.2 Å². The fourth-order valence-electron chi connectivity index (χ4n) is 4.17. The molecule has 1 aromatic heterocycles. The first kappa shape index (κ1) is 28.5. The minimum absolute atomic E-state index is 0.00593. The number of aromatic nitrogens is 1. The maximum atomic E-state index is 13.1. The molecule has 39 heavy (non-hydrogen) atoms. The molecule has 204 valence electrons. The Morgan fingerprint density at radius 1 is 1.08 bits per heavy atom. The Morgan fingerprint density at radius 3 is 2.28 bits per heavy atom. The number of aryl methyl sites for hydroxylation is 1. The van der Waals surface area contributed by atoms with E-state index in [1.54, 1.807) is 37.3 Å². The minimum atomic E-state index is -3.96. The summed E-state index contributed by atoms with van der Waals surface area (Å²) in [5.41, 5.74) is 2.73. The highest BCUT2D eigenvalue weighted by Gasteiger charge is 2.30. The number of ether oxygens (including phenoxy) is 1. The SMILES string of the molecule is Cc1nc(OCC2=C(c3c(Cl)cccc3Cl)N=NC2C(C)C)ccc1N(C)S(=O)(=O)c1ccc(C(=O)O)cc1. The van der Waals surface area contributed by atoms with Gasteiger partial charge in [-0.15, -0.1) is 0 Å². The zero-order valence-electron chi connectivity index (χ0n) is 21.6. The van der Waals surface area contributed by atoms with Crippen molar-refractivity contribution in [2.75, 3.05) is 18.0 Å². The predicted molar refractivity (Wildman–Crippen MR) is 150 cm³/mol. The molecule has 2 heterocycles. The van der Waals surface area contributed by atoms with Gasteiger partial charge in [0.05, 0.1) is 31.9 Å². The molecular weight excluding hydrogens is 563 g/mol. The second-order valence-electron chi connectivity index (χ2n) is 9.22. The Kier molecular flexibility index (Phi) is 8.29. The van der Waals surface area contributed by atoms with E-state index in [-0.39, 0.29) is 29.0 Å². The van der Waals surface area contributed by atoms with E-state index in [0.717, 1.165) is 9.88 Å². The molecule has 12 heteroatoms. The number of sulfonamides is 1. The van der Waals surface area contributed by atoms with E-state index in [1.807, 2.05) is 13.8 Å². The van der Waals surface area contributed by atoms with Gasteiger partial charge in [0.1, 0.15) is 18.3 Å². The van der Waals surface area contributed by atoms with E-state index in [9.17, 15) is 13.2 Å². The molecule has 0 bridgehead atoms. The van der Waals surface area contributed by atoms with Gasteiger partial charge in [-0.05, 0) is 55.3 Å². The van der Waals surface area contributed by atoms with Crippen molar-refractivity contribution in [3.05, 3.63) is 87.0 Å². The van der Waals surface area contributed by atoms with E-state index < -0.39 is 16.0 Å². The van der Waals surface area contributed by atoms with Crippen molar-refractivity contribution in [2.24, 2.45) is 16.1 Å². The summed E-state index contributed by atoms with van der Waals surface area (Å²) in [7, 11) is -2.55. The largest absolute Gasteiger partial charge is 0.478 e. The summed E-state index contributed by atoms with van der Waals surface area (Å²) in [5, 5.41) is 18.8. The molecule has 0 spiro atoms. The Hall–Kier alpha value is -3.47. The number of carboxylic acid groups (broad SMARTS) is 1. The lowest BCUT2D eigenvalue weighted by atomic mass is 9.94. The van der Waals surface area contributed by atoms with Crippen molar-refractivity contribution >= 4 is 50.6 Å². The first-order valence-electron chi connectivity index (χ1n) is 11.9. The zero-order valence-corrected chi connectivity index (χ0v) is 23.9. The number of carbonyl (C=O) groups is 1. The smallest absolute Gasteiger partial charge is 0.335 e. The molecule has 1 atom stereocenters. The number of benzene rings is 2. The number of azo groups is 1. The highest BCUT2D eigenvalue weighted by Crippen LogP contribution is 2.40. The Morgan fingerprint density at radius 2 is 1.72 bits per heavy atom. The van der Waals surface area contributed by atoms with Crippen LogP contribution in [0, 0.1) is 12.8 Å². The van der Waals surface area contributed by atoms with Crippen molar-refractivity contribution in [1.82, 2.24) is 4.98 Å². The van der Waals surface area contributed by atoms with Crippen LogP contribution in [0.4, 0.5) is 5.69 Å². The summed E-state index contributed by atoms with van der Waals surface area (Å²) >= 11 is 12.9. The lowest BCUT2D eigenvalue weighted by molar-refractivity contribution is 0.0696. The maximum absolute atomic E-state index is 13.1. The minimum Gasteiger partial charge on any atom is -0.478 e. The Balaban J connectivity index is 1.58. The number of rotatable bonds is 9. The highest BCUT2D eigenvalue weighted by atomic mass is 35.5. The molecular formula is C27H26Cl2N4O5S. The van der Waals surface area contributed by atoms with Gasteiger partial charge in [-0.2, -0.15) is 10.2 Å². The second kappa shape index (κ2) is 11.3. The average Bonchev–Trinajstić information content (AvgIpc) is 3.31. The van der Waals surface area contributed by atoms with E-state index in [1.165, 1.54) is 31.3 Å². The normalized spacial score (nSPS) is 15.2. The fourth-order valence-corrected chi connectivity index (χ4v) is 6.00. The predicted octanol–water partition coefficient (Wildman–Crippen LogP) is 6.50. The molecule has 0 saturated carbocycles. The van der Waals surface area contributed by atoms with Crippen LogP contribution in [-0.4, -0.2) is 44.2 Å². The van der Waals surface area contributed by atoms with Crippen LogP contribution in [0.5, 0.6) is 5.88 Å². The summed E-state index contributed by atoms with van der Waals surface area (Å²) in [6, 6.07) is 13.2. The molecule has 9 nitrogen and oxygen atoms in total. The number of pyridine rings is 1. The molecule has 1 aliphatic heterocycles. The third-order valence-corrected chi connectivity index (χ3v) is 8.70. The Labute approximate surface area is 236 Å². The summed E-state index contributed by atoms with van der Waals surface area (Å²) in [4.78, 5) is 15.5. The Bertz CT molecular complexity index is 1570. The van der Waals surface area contributed by atoms with Crippen LogP contribution in [0.3, 0.4) is 0 Å². The molecule has 4 rings (SSSR count). The fraction of sp³-hybridized carbons (Fsp3) is 0.259. The number of hydrogen-bond acceptors (Lipinski definition) is 7. The molecule has 0 amide bonds. The maximum Gasteiger partial charge on any atom is 0.335 e. The number of anilines is 1. The zero-order chi connectivity index (χ0) is 28.5. The molecule has 1 aliphatic rings. The molecule has 0 fully saturated rings. The monoisotopic (exact) mass is 588 g/mol. The molecule has 0 radical (unpaired) electrons. The molecule has 1 unspecified atom stereocenters. The average molecular weight is 590 g/mol. The number of hydrogen-bond donors (Lipinski definition) is 1. The third kappa shape index (κ3) is 5.78. The van der Waals surface area contributed by atoms with Crippen LogP contribution in [-0.2, 0) is 10.0 Å². The van der Waals surface area contributed by atoms with Gasteiger partial charge in [0.25, 0.3) is 10.0 Å². The topological polar surface area (TPSA) is 122 Å². The number of carboxylic acids is 1. The van der Waals surface area contributed by atoms with Crippen LogP contribution in [0.2, 0.25) is 10.0 Å². The standard InChI is InChI=1S/C27H26Cl2N4O5S/c1-15(2)25-19(26(32-31-25)24-20(28)6-5-7-21(24)29)14-38-23-13-12-22(16(3)30-23)33(4)39(36,37)18-10-8-17(9-11-18)27(34)35/h5-13,15,25H,14H2,1-4H3,(H,34,35). The van der Waals surface area contributed by atoms with Gasteiger partial charge in [0.15, 0.2) is 0 Å². The quantitative estimate of drug-likeness (QED) is 0.304. The number of aromatic carboxylic acids is 1. The van der Waals surface area contributed by atoms with E-state index >= 15 is 0 Å². The van der Waals surface area contributed by atoms with Crippen LogP contribution in [0.25, 0.3) is 5.70 Å². The first-order chi connectivity index (χ1) is 18.4. The van der Waals surface area contributed by atoms with Gasteiger partial charge in [-0.25, -0.2) is 18.2 Å². The van der Waals surface area contributed by atoms with Crippen molar-refractivity contribution in [3.63, 3.8) is 0 Å². The lowest BCUT2D eigenvalue weighted by Crippen LogP contribution is -2.27. The van der Waals surface area contributed by atoms with Gasteiger partial charge in [0.2, 0.25) is 5.88 Å². The molecule has 1 N–H and O–H groups in total. The molecule has 0 saturated heterocycles. The van der Waals surface area contributed by atoms with Crippen LogP contribution in [0.1, 0.15) is 35.5 Å². The second-order valence-corrected chi connectivity index (χ2v) is 12.0. The third-order valence-electron chi connectivity index (χ3n) is 6.28. The number of nitrogens with zero attached hydrogens (tertiary/aromatic N) is 4. The van der Waals surface area contributed by atoms with E-state index in [0.29, 0.717) is 38.6 Å². The van der Waals surface area contributed by atoms with E-state index in [4.69, 9.17) is 33.0 Å². The van der Waals surface area contributed by atoms with Crippen molar-refractivity contribution in [2.45, 2.75) is 31.7 Å². The van der Waals surface area contributed by atoms with Crippen LogP contribution < -0.4 is 9.04 Å². The summed E-state index contributed by atoms with van der Waals surface area (Å²) < 4.78 is 33.4. The molecule has 3 aromatic rings. The van der Waals surface area contributed by atoms with Crippen molar-refractivity contribution in [1.29, 1.82) is 0 Å². The molecule has 0 aliphatic carbocycles. The van der Waals surface area contributed by atoms with Gasteiger partial charge in [-0.3, -0.25) is 4.31 Å². The van der Waals surface area contributed by atoms with Gasteiger partial charge in [0, 0.05) is 24.3 Å². The van der Waals surface area contributed by atoms with Crippen LogP contribution in [0.15, 0.2) is 75.3 Å². The lowest BCUT2D eigenvalue weighted by Gasteiger charge is -2.22. The molecule has 2 aromatic carbocycles. The highest BCUT2D eigenvalue weighted by molar-refractivity contribution is 7.92. The van der Waals surface area contributed by atoms with Gasteiger partial charge < -0.3 is 9.84 Å². The summed E-state index contributed by atoms with van der Waals surface area (Å²) in [5.74, 6) is -0.702. The van der Waals surface area contributed by atoms with Gasteiger partial charge in [-0.1, -0.05) is 43.1 Å². The summed E-state index contributed by atoms with van der Waals surface area (Å²) in [6.45, 7) is 5.86. The van der Waals surface area contributed by atoms with Crippen molar-refractivity contribution < 1.29 is 23.1 Å². The summed E-state index contributed by atoms with van der Waals surface area (Å²) in [6.07, 6.45) is 0. The first-order valence-corrected chi connectivity index (χ1v) is 14.1. The van der Waals surface area contributed by atoms with Crippen molar-refractivity contribution in [3.8, 4) is 5.88 Å².